The van der Waals surface area contributed by atoms with E-state index in [1.165, 1.54) is 0 Å². The third-order valence-electron chi connectivity index (χ3n) is 1.89. The minimum Gasteiger partial charge on any atom is -0.159 e. The molecule has 0 amide bonds. The first-order chi connectivity index (χ1) is 7.34. The van der Waals surface area contributed by atoms with Crippen molar-refractivity contribution in [2.45, 2.75) is 0 Å². The van der Waals surface area contributed by atoms with Crippen LogP contribution in [0.1, 0.15) is 11.3 Å². The third-order valence-corrected chi connectivity index (χ3v) is 2.38. The zero-order chi connectivity index (χ0) is 10.5. The maximum absolute atomic E-state index is 3.97. The quantitative estimate of drug-likeness (QED) is 0.827. The molecule has 1 heterocycles. The van der Waals surface area contributed by atoms with E-state index in [0.29, 0.717) is 0 Å². The van der Waals surface area contributed by atoms with E-state index in [1.54, 1.807) is 6.20 Å². The molecule has 0 aliphatic heterocycles. The van der Waals surface area contributed by atoms with E-state index in [1.807, 2.05) is 48.6 Å². The number of benzene rings is 1. The Morgan fingerprint density at radius 3 is 2.73 bits per heavy atom. The number of hydrogen-bond donors (Lipinski definition) is 0. The van der Waals surface area contributed by atoms with Gasteiger partial charge in [-0.15, -0.1) is 0 Å². The summed E-state index contributed by atoms with van der Waals surface area (Å²) in [6, 6.07) is 11.9. The summed E-state index contributed by atoms with van der Waals surface area (Å²) < 4.78 is 1.07. The van der Waals surface area contributed by atoms with E-state index < -0.39 is 0 Å². The molecule has 2 nitrogen and oxygen atoms in total. The van der Waals surface area contributed by atoms with Gasteiger partial charge in [-0.25, -0.2) is 0 Å². The first-order valence-corrected chi connectivity index (χ1v) is 5.35. The number of aromatic nitrogens is 2. The molecule has 0 bridgehead atoms. The molecule has 74 valence electrons. The van der Waals surface area contributed by atoms with Crippen molar-refractivity contribution >= 4 is 28.1 Å². The fourth-order valence-electron chi connectivity index (χ4n) is 1.19. The SMILES string of the molecule is Brc1cccc(/C=C/c2cccnn2)c1. The van der Waals surface area contributed by atoms with Crippen molar-refractivity contribution in [3.8, 4) is 0 Å². The Bertz CT molecular complexity index is 466. The fourth-order valence-corrected chi connectivity index (χ4v) is 1.61. The average Bonchev–Trinajstić information content (AvgIpc) is 2.28. The maximum atomic E-state index is 3.97. The molecule has 0 spiro atoms. The summed E-state index contributed by atoms with van der Waals surface area (Å²) in [5, 5.41) is 7.77. The van der Waals surface area contributed by atoms with Gasteiger partial charge < -0.3 is 0 Å². The molecule has 2 rings (SSSR count). The number of hydrogen-bond acceptors (Lipinski definition) is 2. The van der Waals surface area contributed by atoms with Gasteiger partial charge in [0.2, 0.25) is 0 Å². The van der Waals surface area contributed by atoms with E-state index >= 15 is 0 Å². The van der Waals surface area contributed by atoms with Crippen LogP contribution in [0.3, 0.4) is 0 Å². The molecule has 0 fully saturated rings. The van der Waals surface area contributed by atoms with Gasteiger partial charge in [0.1, 0.15) is 0 Å². The van der Waals surface area contributed by atoms with Crippen molar-refractivity contribution in [2.75, 3.05) is 0 Å². The van der Waals surface area contributed by atoms with Crippen molar-refractivity contribution in [3.63, 3.8) is 0 Å². The standard InChI is InChI=1S/C12H9BrN2/c13-11-4-1-3-10(9-11)6-7-12-5-2-8-14-15-12/h1-9H/b7-6+. The molecule has 2 aromatic rings. The lowest BCUT2D eigenvalue weighted by atomic mass is 10.2. The Balaban J connectivity index is 2.19. The zero-order valence-electron chi connectivity index (χ0n) is 7.97. The van der Waals surface area contributed by atoms with Gasteiger partial charge in [0.25, 0.3) is 0 Å². The average molecular weight is 261 g/mol. The predicted octanol–water partition coefficient (Wildman–Crippen LogP) is 3.41. The Kier molecular flexibility index (Phi) is 3.25. The molecule has 0 aliphatic rings. The molecular formula is C12H9BrN2. The highest BCUT2D eigenvalue weighted by atomic mass is 79.9. The smallest absolute Gasteiger partial charge is 0.0857 e. The van der Waals surface area contributed by atoms with Crippen LogP contribution in [0.25, 0.3) is 12.2 Å². The Labute approximate surface area is 96.8 Å². The van der Waals surface area contributed by atoms with Gasteiger partial charge >= 0.3 is 0 Å². The highest BCUT2D eigenvalue weighted by Crippen LogP contribution is 2.13. The van der Waals surface area contributed by atoms with Crippen LogP contribution in [0.2, 0.25) is 0 Å². The number of rotatable bonds is 2. The van der Waals surface area contributed by atoms with E-state index in [9.17, 15) is 0 Å². The number of halogens is 1. The molecule has 0 N–H and O–H groups in total. The van der Waals surface area contributed by atoms with Gasteiger partial charge in [0.15, 0.2) is 0 Å². The van der Waals surface area contributed by atoms with Crippen molar-refractivity contribution in [1.29, 1.82) is 0 Å². The lowest BCUT2D eigenvalue weighted by Crippen LogP contribution is -1.82. The van der Waals surface area contributed by atoms with Crippen molar-refractivity contribution in [3.05, 3.63) is 58.3 Å². The van der Waals surface area contributed by atoms with Crippen molar-refractivity contribution < 1.29 is 0 Å². The molecule has 15 heavy (non-hydrogen) atoms. The predicted molar refractivity (Wildman–Crippen MR) is 65.1 cm³/mol. The summed E-state index contributed by atoms with van der Waals surface area (Å²) >= 11 is 3.43. The van der Waals surface area contributed by atoms with E-state index in [-0.39, 0.29) is 0 Å². The molecule has 1 aromatic heterocycles. The van der Waals surface area contributed by atoms with Crippen LogP contribution in [0.4, 0.5) is 0 Å². The second-order valence-electron chi connectivity index (χ2n) is 3.04. The monoisotopic (exact) mass is 260 g/mol. The molecule has 1 aromatic carbocycles. The minimum absolute atomic E-state index is 0.859. The van der Waals surface area contributed by atoms with Crippen LogP contribution in [0.5, 0.6) is 0 Å². The van der Waals surface area contributed by atoms with Gasteiger partial charge in [0.05, 0.1) is 5.69 Å². The van der Waals surface area contributed by atoms with Crippen LogP contribution in [0.15, 0.2) is 47.1 Å². The number of nitrogens with zero attached hydrogens (tertiary/aromatic N) is 2. The Hall–Kier alpha value is -1.48. The topological polar surface area (TPSA) is 25.8 Å². The summed E-state index contributed by atoms with van der Waals surface area (Å²) in [5.74, 6) is 0. The van der Waals surface area contributed by atoms with Crippen LogP contribution in [-0.2, 0) is 0 Å². The summed E-state index contributed by atoms with van der Waals surface area (Å²) in [4.78, 5) is 0. The lowest BCUT2D eigenvalue weighted by Gasteiger charge is -1.94. The molecular weight excluding hydrogens is 252 g/mol. The van der Waals surface area contributed by atoms with Gasteiger partial charge in [-0.3, -0.25) is 0 Å². The molecule has 0 radical (unpaired) electrons. The Morgan fingerprint density at radius 1 is 1.07 bits per heavy atom. The normalized spacial score (nSPS) is 10.7. The van der Waals surface area contributed by atoms with E-state index in [0.717, 1.165) is 15.7 Å². The summed E-state index contributed by atoms with van der Waals surface area (Å²) in [6.07, 6.45) is 5.61. The van der Waals surface area contributed by atoms with Gasteiger partial charge in [-0.05, 0) is 35.9 Å². The van der Waals surface area contributed by atoms with Crippen LogP contribution < -0.4 is 0 Å². The summed E-state index contributed by atoms with van der Waals surface area (Å²) in [5.41, 5.74) is 1.99. The van der Waals surface area contributed by atoms with Crippen molar-refractivity contribution in [2.24, 2.45) is 0 Å². The second-order valence-corrected chi connectivity index (χ2v) is 3.95. The minimum atomic E-state index is 0.859. The molecule has 0 atom stereocenters. The van der Waals surface area contributed by atoms with Crippen LogP contribution in [-0.4, -0.2) is 10.2 Å². The largest absolute Gasteiger partial charge is 0.159 e. The highest BCUT2D eigenvalue weighted by molar-refractivity contribution is 9.10. The lowest BCUT2D eigenvalue weighted by molar-refractivity contribution is 1.02. The maximum Gasteiger partial charge on any atom is 0.0857 e. The molecule has 3 heteroatoms. The van der Waals surface area contributed by atoms with Crippen molar-refractivity contribution in [1.82, 2.24) is 10.2 Å². The fraction of sp³-hybridized carbons (Fsp3) is 0. The Morgan fingerprint density at radius 2 is 2.00 bits per heavy atom. The first-order valence-electron chi connectivity index (χ1n) is 4.56. The summed E-state index contributed by atoms with van der Waals surface area (Å²) in [7, 11) is 0. The first kappa shape index (κ1) is 10.1. The summed E-state index contributed by atoms with van der Waals surface area (Å²) in [6.45, 7) is 0. The molecule has 0 saturated heterocycles. The second kappa shape index (κ2) is 4.84. The van der Waals surface area contributed by atoms with Crippen LogP contribution in [0, 0.1) is 0 Å². The van der Waals surface area contributed by atoms with E-state index in [4.69, 9.17) is 0 Å². The zero-order valence-corrected chi connectivity index (χ0v) is 9.55. The van der Waals surface area contributed by atoms with Gasteiger partial charge in [0, 0.05) is 10.7 Å². The molecule has 0 unspecified atom stereocenters. The van der Waals surface area contributed by atoms with Gasteiger partial charge in [-0.2, -0.15) is 10.2 Å². The third kappa shape index (κ3) is 2.99. The molecule has 0 aliphatic carbocycles. The van der Waals surface area contributed by atoms with E-state index in [2.05, 4.69) is 26.1 Å². The highest BCUT2D eigenvalue weighted by Gasteiger charge is 1.89. The van der Waals surface area contributed by atoms with Gasteiger partial charge in [-0.1, -0.05) is 34.1 Å². The van der Waals surface area contributed by atoms with Crippen LogP contribution >= 0.6 is 15.9 Å². The molecule has 0 saturated carbocycles.